The first kappa shape index (κ1) is 12.8. The molecule has 18 heavy (non-hydrogen) atoms. The highest BCUT2D eigenvalue weighted by atomic mass is 79.9. The number of nitrogens with zero attached hydrogens (tertiary/aromatic N) is 4. The minimum absolute atomic E-state index is 0.00507. The zero-order chi connectivity index (χ0) is 13.0. The highest BCUT2D eigenvalue weighted by molar-refractivity contribution is 9.10. The van der Waals surface area contributed by atoms with Crippen molar-refractivity contribution >= 4 is 21.8 Å². The Morgan fingerprint density at radius 1 is 1.39 bits per heavy atom. The van der Waals surface area contributed by atoms with E-state index < -0.39 is 0 Å². The number of carbonyl (C=O) groups excluding carboxylic acids is 1. The standard InChI is InChI=1S/C11H14BrN5O/c1-16-7-9(5-14-16)4-13-11(18)2-3-17-8-10(12)6-15-17/h5-8H,2-4H2,1H3,(H,13,18). The van der Waals surface area contributed by atoms with Gasteiger partial charge in [-0.2, -0.15) is 10.2 Å². The van der Waals surface area contributed by atoms with Crippen molar-refractivity contribution in [3.8, 4) is 0 Å². The first-order chi connectivity index (χ1) is 8.63. The van der Waals surface area contributed by atoms with Crippen LogP contribution in [0.4, 0.5) is 0 Å². The molecule has 0 unspecified atom stereocenters. The number of carbonyl (C=O) groups is 1. The second kappa shape index (κ2) is 5.81. The van der Waals surface area contributed by atoms with Crippen molar-refractivity contribution in [2.45, 2.75) is 19.5 Å². The number of amides is 1. The molecule has 0 aromatic carbocycles. The second-order valence-corrected chi connectivity index (χ2v) is 4.89. The molecule has 0 aliphatic rings. The molecule has 0 atom stereocenters. The zero-order valence-electron chi connectivity index (χ0n) is 10.0. The van der Waals surface area contributed by atoms with Crippen molar-refractivity contribution in [1.82, 2.24) is 24.9 Å². The van der Waals surface area contributed by atoms with Crippen LogP contribution in [0.5, 0.6) is 0 Å². The summed E-state index contributed by atoms with van der Waals surface area (Å²) in [5, 5.41) is 11.0. The molecule has 2 heterocycles. The lowest BCUT2D eigenvalue weighted by molar-refractivity contribution is -0.121. The van der Waals surface area contributed by atoms with Crippen LogP contribution in [-0.4, -0.2) is 25.5 Å². The van der Waals surface area contributed by atoms with E-state index in [1.54, 1.807) is 21.8 Å². The number of halogens is 1. The molecule has 6 nitrogen and oxygen atoms in total. The summed E-state index contributed by atoms with van der Waals surface area (Å²) >= 11 is 3.31. The number of nitrogens with one attached hydrogen (secondary N) is 1. The predicted octanol–water partition coefficient (Wildman–Crippen LogP) is 1.09. The lowest BCUT2D eigenvalue weighted by Gasteiger charge is -2.03. The molecule has 2 aromatic rings. The minimum atomic E-state index is 0.00507. The third kappa shape index (κ3) is 3.69. The molecular formula is C11H14BrN5O. The van der Waals surface area contributed by atoms with Crippen LogP contribution in [-0.2, 0) is 24.9 Å². The highest BCUT2D eigenvalue weighted by Gasteiger charge is 2.03. The summed E-state index contributed by atoms with van der Waals surface area (Å²) in [7, 11) is 1.85. The van der Waals surface area contributed by atoms with E-state index in [1.165, 1.54) is 0 Å². The summed E-state index contributed by atoms with van der Waals surface area (Å²) in [5.74, 6) is 0.00507. The van der Waals surface area contributed by atoms with E-state index in [9.17, 15) is 4.79 Å². The molecule has 1 amide bonds. The van der Waals surface area contributed by atoms with Crippen molar-refractivity contribution < 1.29 is 4.79 Å². The molecule has 7 heteroatoms. The fourth-order valence-electron chi connectivity index (χ4n) is 1.53. The van der Waals surface area contributed by atoms with Crippen molar-refractivity contribution in [3.63, 3.8) is 0 Å². The Morgan fingerprint density at radius 3 is 2.83 bits per heavy atom. The van der Waals surface area contributed by atoms with E-state index in [1.807, 2.05) is 19.4 Å². The lowest BCUT2D eigenvalue weighted by Crippen LogP contribution is -2.23. The maximum Gasteiger partial charge on any atom is 0.222 e. The van der Waals surface area contributed by atoms with Crippen LogP contribution in [0.15, 0.2) is 29.3 Å². The van der Waals surface area contributed by atoms with Gasteiger partial charge in [-0.05, 0) is 15.9 Å². The van der Waals surface area contributed by atoms with Gasteiger partial charge in [0.2, 0.25) is 5.91 Å². The molecule has 2 aromatic heterocycles. The molecular weight excluding hydrogens is 298 g/mol. The third-order valence-corrected chi connectivity index (χ3v) is 2.83. The first-order valence-corrected chi connectivity index (χ1v) is 6.35. The summed E-state index contributed by atoms with van der Waals surface area (Å²) < 4.78 is 4.36. The fourth-order valence-corrected chi connectivity index (χ4v) is 1.86. The Balaban J connectivity index is 1.72. The van der Waals surface area contributed by atoms with Crippen LogP contribution in [0.25, 0.3) is 0 Å². The summed E-state index contributed by atoms with van der Waals surface area (Å²) in [6.07, 6.45) is 7.58. The molecule has 0 saturated carbocycles. The zero-order valence-corrected chi connectivity index (χ0v) is 11.6. The van der Waals surface area contributed by atoms with Gasteiger partial charge in [0, 0.05) is 44.5 Å². The van der Waals surface area contributed by atoms with Crippen LogP contribution in [0.3, 0.4) is 0 Å². The van der Waals surface area contributed by atoms with Gasteiger partial charge in [0.1, 0.15) is 0 Å². The Morgan fingerprint density at radius 2 is 2.22 bits per heavy atom. The van der Waals surface area contributed by atoms with Gasteiger partial charge in [0.15, 0.2) is 0 Å². The number of aryl methyl sites for hydroxylation is 2. The number of aromatic nitrogens is 4. The van der Waals surface area contributed by atoms with Gasteiger partial charge in [0.25, 0.3) is 0 Å². The lowest BCUT2D eigenvalue weighted by atomic mass is 10.3. The Hall–Kier alpha value is -1.63. The van der Waals surface area contributed by atoms with E-state index in [4.69, 9.17) is 0 Å². The quantitative estimate of drug-likeness (QED) is 0.899. The summed E-state index contributed by atoms with van der Waals surface area (Å²) in [4.78, 5) is 11.6. The molecule has 0 radical (unpaired) electrons. The molecule has 0 aliphatic carbocycles. The van der Waals surface area contributed by atoms with Gasteiger partial charge in [-0.3, -0.25) is 14.2 Å². The van der Waals surface area contributed by atoms with Crippen molar-refractivity contribution in [2.75, 3.05) is 0 Å². The average Bonchev–Trinajstić information content (AvgIpc) is 2.93. The monoisotopic (exact) mass is 311 g/mol. The van der Waals surface area contributed by atoms with Gasteiger partial charge in [-0.1, -0.05) is 0 Å². The molecule has 0 bridgehead atoms. The summed E-state index contributed by atoms with van der Waals surface area (Å²) in [6, 6.07) is 0. The summed E-state index contributed by atoms with van der Waals surface area (Å²) in [6.45, 7) is 1.08. The van der Waals surface area contributed by atoms with E-state index >= 15 is 0 Å². The van der Waals surface area contributed by atoms with Crippen LogP contribution in [0.2, 0.25) is 0 Å². The predicted molar refractivity (Wildman–Crippen MR) is 69.6 cm³/mol. The first-order valence-electron chi connectivity index (χ1n) is 5.55. The SMILES string of the molecule is Cn1cc(CNC(=O)CCn2cc(Br)cn2)cn1. The third-order valence-electron chi connectivity index (χ3n) is 2.42. The Labute approximate surface area is 113 Å². The molecule has 0 fully saturated rings. The van der Waals surface area contributed by atoms with Crippen LogP contribution in [0, 0.1) is 0 Å². The molecule has 2 rings (SSSR count). The molecule has 0 spiro atoms. The van der Waals surface area contributed by atoms with Gasteiger partial charge in [0.05, 0.1) is 16.9 Å². The van der Waals surface area contributed by atoms with E-state index in [2.05, 4.69) is 31.4 Å². The summed E-state index contributed by atoms with van der Waals surface area (Å²) in [5.41, 5.74) is 0.993. The Bertz CT molecular complexity index is 487. The maximum atomic E-state index is 11.6. The van der Waals surface area contributed by atoms with Crippen molar-refractivity contribution in [2.24, 2.45) is 7.05 Å². The van der Waals surface area contributed by atoms with Crippen molar-refractivity contribution in [3.05, 3.63) is 34.8 Å². The fraction of sp³-hybridized carbons (Fsp3) is 0.364. The van der Waals surface area contributed by atoms with Crippen molar-refractivity contribution in [1.29, 1.82) is 0 Å². The van der Waals surface area contributed by atoms with Crippen LogP contribution >= 0.6 is 15.9 Å². The normalized spacial score (nSPS) is 10.6. The van der Waals surface area contributed by atoms with Crippen LogP contribution in [0.1, 0.15) is 12.0 Å². The number of hydrogen-bond donors (Lipinski definition) is 1. The number of rotatable bonds is 5. The van der Waals surface area contributed by atoms with Gasteiger partial charge in [-0.25, -0.2) is 0 Å². The van der Waals surface area contributed by atoms with E-state index in [0.29, 0.717) is 19.5 Å². The largest absolute Gasteiger partial charge is 0.352 e. The second-order valence-electron chi connectivity index (χ2n) is 3.97. The van der Waals surface area contributed by atoms with E-state index in [-0.39, 0.29) is 5.91 Å². The van der Waals surface area contributed by atoms with Gasteiger partial charge in [-0.15, -0.1) is 0 Å². The smallest absolute Gasteiger partial charge is 0.222 e. The van der Waals surface area contributed by atoms with Gasteiger partial charge >= 0.3 is 0 Å². The molecule has 1 N–H and O–H groups in total. The molecule has 0 aliphatic heterocycles. The Kier molecular flexibility index (Phi) is 4.14. The topological polar surface area (TPSA) is 64.7 Å². The minimum Gasteiger partial charge on any atom is -0.352 e. The van der Waals surface area contributed by atoms with E-state index in [0.717, 1.165) is 10.0 Å². The maximum absolute atomic E-state index is 11.6. The molecule has 0 saturated heterocycles. The van der Waals surface area contributed by atoms with Gasteiger partial charge < -0.3 is 5.32 Å². The highest BCUT2D eigenvalue weighted by Crippen LogP contribution is 2.06. The average molecular weight is 312 g/mol. The van der Waals surface area contributed by atoms with Crippen LogP contribution < -0.4 is 5.32 Å². The number of hydrogen-bond acceptors (Lipinski definition) is 3. The molecule has 96 valence electrons.